The molecule has 0 aliphatic heterocycles. The van der Waals surface area contributed by atoms with E-state index in [-0.39, 0.29) is 0 Å². The van der Waals surface area contributed by atoms with Crippen LogP contribution < -0.4 is 0 Å². The zero-order chi connectivity index (χ0) is 57.0. The number of rotatable bonds is 11. The van der Waals surface area contributed by atoms with Gasteiger partial charge in [-0.25, -0.2) is 4.98 Å². The maximum atomic E-state index is 5.83. The molecule has 0 spiro atoms. The Bertz CT molecular complexity index is 4690. The molecule has 16 rings (SSSR count). The molecule has 0 amide bonds. The molecule has 0 atom stereocenters. The Hall–Kier alpha value is -11.3. The number of benzene rings is 13. The minimum Gasteiger partial charge on any atom is -0.278 e. The van der Waals surface area contributed by atoms with Crippen LogP contribution in [0.5, 0.6) is 0 Å². The second-order valence-corrected chi connectivity index (χ2v) is 22.3. The topological polar surface area (TPSA) is 43.6 Å². The molecule has 0 N–H and O–H groups in total. The smallest absolute Gasteiger partial charge is 0.238 e. The first-order valence-corrected chi connectivity index (χ1v) is 29.4. The molecule has 0 fully saturated rings. The first kappa shape index (κ1) is 50.4. The summed E-state index contributed by atoms with van der Waals surface area (Å²) in [6, 6.07) is 118. The molecule has 0 bridgehead atoms. The first-order chi connectivity index (χ1) is 42.6. The van der Waals surface area contributed by atoms with E-state index >= 15 is 0 Å². The van der Waals surface area contributed by atoms with Gasteiger partial charge in [0.25, 0.3) is 0 Å². The van der Waals surface area contributed by atoms with Crippen molar-refractivity contribution < 1.29 is 0 Å². The summed E-state index contributed by atoms with van der Waals surface area (Å²) in [5, 5.41) is 2.21. The molecule has 4 nitrogen and oxygen atoms in total. The van der Waals surface area contributed by atoms with Crippen LogP contribution in [0, 0.1) is 0 Å². The van der Waals surface area contributed by atoms with Gasteiger partial charge >= 0.3 is 0 Å². The molecule has 2 heterocycles. The van der Waals surface area contributed by atoms with Crippen LogP contribution in [0.2, 0.25) is 0 Å². The Morgan fingerprint density at radius 2 is 0.593 bits per heavy atom. The standard InChI is InChI=1S/C82H54N4/c1-9-27-55(28-10-1)61-45-62(56-29-11-2-12-30-56)48-66(47-61)79-83-80(67-49-63(57-31-13-3-14-32-57)46-64(50-67)58-33-15-4-16-34-58)85-81(84-79)86-76-54-75-72(70-43-25-26-44-74(70)82(75,68-39-21-7-22-40-68)69-41-23-8-24-42-69)53-73(76)78-71(60-37-19-6-20-38-60)51-65(52-77(78)86)59-35-17-5-18-36-59/h1-54H. The van der Waals surface area contributed by atoms with Crippen LogP contribution in [0.1, 0.15) is 22.3 Å². The lowest BCUT2D eigenvalue weighted by molar-refractivity contribution is 0.769. The van der Waals surface area contributed by atoms with E-state index < -0.39 is 5.41 Å². The van der Waals surface area contributed by atoms with Crippen molar-refractivity contribution in [3.8, 4) is 107 Å². The fourth-order valence-corrected chi connectivity index (χ4v) is 13.4. The van der Waals surface area contributed by atoms with Gasteiger partial charge in [0, 0.05) is 21.9 Å². The summed E-state index contributed by atoms with van der Waals surface area (Å²) in [5.41, 5.74) is 23.4. The highest BCUT2D eigenvalue weighted by Crippen LogP contribution is 2.58. The maximum Gasteiger partial charge on any atom is 0.238 e. The van der Waals surface area contributed by atoms with E-state index in [1.807, 2.05) is 0 Å². The van der Waals surface area contributed by atoms with Gasteiger partial charge < -0.3 is 0 Å². The third kappa shape index (κ3) is 8.66. The van der Waals surface area contributed by atoms with Crippen LogP contribution in [0.3, 0.4) is 0 Å². The highest BCUT2D eigenvalue weighted by Gasteiger charge is 2.46. The van der Waals surface area contributed by atoms with E-state index in [1.165, 1.54) is 33.4 Å². The zero-order valence-electron chi connectivity index (χ0n) is 47.0. The van der Waals surface area contributed by atoms with E-state index in [2.05, 4.69) is 332 Å². The van der Waals surface area contributed by atoms with Crippen molar-refractivity contribution in [1.82, 2.24) is 19.5 Å². The lowest BCUT2D eigenvalue weighted by Crippen LogP contribution is -2.28. The Morgan fingerprint density at radius 3 is 1.02 bits per heavy atom. The van der Waals surface area contributed by atoms with Crippen LogP contribution in [0.25, 0.3) is 128 Å². The lowest BCUT2D eigenvalue weighted by atomic mass is 9.67. The van der Waals surface area contributed by atoms with Crippen molar-refractivity contribution in [1.29, 1.82) is 0 Å². The quantitative estimate of drug-likeness (QED) is 0.130. The van der Waals surface area contributed by atoms with Crippen molar-refractivity contribution in [3.05, 3.63) is 350 Å². The van der Waals surface area contributed by atoms with E-state index in [1.54, 1.807) is 0 Å². The fourth-order valence-electron chi connectivity index (χ4n) is 13.4. The average Bonchev–Trinajstić information content (AvgIpc) is 1.61. The van der Waals surface area contributed by atoms with Crippen molar-refractivity contribution in [3.63, 3.8) is 0 Å². The molecule has 402 valence electrons. The third-order valence-electron chi connectivity index (χ3n) is 17.3. The van der Waals surface area contributed by atoms with Gasteiger partial charge in [-0.3, -0.25) is 4.57 Å². The summed E-state index contributed by atoms with van der Waals surface area (Å²) < 4.78 is 2.35. The fraction of sp³-hybridized carbons (Fsp3) is 0.0122. The van der Waals surface area contributed by atoms with Gasteiger partial charge in [-0.15, -0.1) is 0 Å². The van der Waals surface area contributed by atoms with Crippen molar-refractivity contribution >= 4 is 21.8 Å². The van der Waals surface area contributed by atoms with Gasteiger partial charge in [-0.05, 0) is 161 Å². The zero-order valence-corrected chi connectivity index (χ0v) is 47.0. The average molecular weight is 1100 g/mol. The van der Waals surface area contributed by atoms with Crippen LogP contribution in [0.15, 0.2) is 328 Å². The molecule has 1 aliphatic rings. The largest absolute Gasteiger partial charge is 0.278 e. The van der Waals surface area contributed by atoms with Gasteiger partial charge in [0.05, 0.1) is 16.4 Å². The van der Waals surface area contributed by atoms with Crippen molar-refractivity contribution in [2.24, 2.45) is 0 Å². The van der Waals surface area contributed by atoms with Crippen LogP contribution in [-0.4, -0.2) is 19.5 Å². The molecule has 0 saturated heterocycles. The Morgan fingerprint density at radius 1 is 0.233 bits per heavy atom. The number of hydrogen-bond donors (Lipinski definition) is 0. The summed E-state index contributed by atoms with van der Waals surface area (Å²) in [5.74, 6) is 1.62. The molecule has 4 heteroatoms. The molecule has 0 saturated carbocycles. The van der Waals surface area contributed by atoms with Crippen LogP contribution >= 0.6 is 0 Å². The summed E-state index contributed by atoms with van der Waals surface area (Å²) in [7, 11) is 0. The highest BCUT2D eigenvalue weighted by atomic mass is 15.2. The summed E-state index contributed by atoms with van der Waals surface area (Å²) in [6.45, 7) is 0. The Balaban J connectivity index is 1.07. The van der Waals surface area contributed by atoms with Gasteiger partial charge in [-0.1, -0.05) is 267 Å². The van der Waals surface area contributed by atoms with Crippen LogP contribution in [0.4, 0.5) is 0 Å². The molecular weight excluding hydrogens is 1040 g/mol. The van der Waals surface area contributed by atoms with E-state index in [0.717, 1.165) is 99.7 Å². The molecule has 2 aromatic heterocycles. The number of aromatic nitrogens is 4. The van der Waals surface area contributed by atoms with E-state index in [0.29, 0.717) is 17.6 Å². The number of fused-ring (bicyclic) bond motifs is 6. The molecule has 0 unspecified atom stereocenters. The van der Waals surface area contributed by atoms with Gasteiger partial charge in [0.15, 0.2) is 11.6 Å². The van der Waals surface area contributed by atoms with E-state index in [4.69, 9.17) is 15.0 Å². The monoisotopic (exact) mass is 1090 g/mol. The third-order valence-corrected chi connectivity index (χ3v) is 17.3. The molecule has 13 aromatic carbocycles. The predicted octanol–water partition coefficient (Wildman–Crippen LogP) is 20.7. The summed E-state index contributed by atoms with van der Waals surface area (Å²) >= 11 is 0. The second kappa shape index (κ2) is 21.1. The Kier molecular flexibility index (Phi) is 12.4. The molecule has 15 aromatic rings. The molecule has 1 aliphatic carbocycles. The Labute approximate surface area is 500 Å². The number of hydrogen-bond acceptors (Lipinski definition) is 3. The summed E-state index contributed by atoms with van der Waals surface area (Å²) in [4.78, 5) is 17.3. The number of nitrogens with zero attached hydrogens (tertiary/aromatic N) is 4. The second-order valence-electron chi connectivity index (χ2n) is 22.3. The predicted molar refractivity (Wildman–Crippen MR) is 355 cm³/mol. The maximum absolute atomic E-state index is 5.83. The van der Waals surface area contributed by atoms with Crippen molar-refractivity contribution in [2.45, 2.75) is 5.41 Å². The molecule has 86 heavy (non-hydrogen) atoms. The van der Waals surface area contributed by atoms with Gasteiger partial charge in [0.1, 0.15) is 0 Å². The highest BCUT2D eigenvalue weighted by molar-refractivity contribution is 6.18. The first-order valence-electron chi connectivity index (χ1n) is 29.4. The minimum absolute atomic E-state index is 0.507. The normalized spacial score (nSPS) is 12.3. The van der Waals surface area contributed by atoms with E-state index in [9.17, 15) is 0 Å². The minimum atomic E-state index is -0.672. The molecular formula is C82H54N4. The summed E-state index contributed by atoms with van der Waals surface area (Å²) in [6.07, 6.45) is 0. The molecule has 0 radical (unpaired) electrons. The van der Waals surface area contributed by atoms with Crippen LogP contribution in [-0.2, 0) is 5.41 Å². The van der Waals surface area contributed by atoms with Gasteiger partial charge in [-0.2, -0.15) is 9.97 Å². The SMILES string of the molecule is c1ccc(-c2cc(-c3ccccc3)cc(-c3nc(-c4cc(-c5ccccc5)cc(-c5ccccc5)c4)nc(-n4c5cc6c(cc5c5c(-c7ccccc7)cc(-c7ccccc7)cc54)-c4ccccc4C6(c4ccccc4)c4ccccc4)n3)c2)cc1. The van der Waals surface area contributed by atoms with Gasteiger partial charge in [0.2, 0.25) is 5.95 Å². The van der Waals surface area contributed by atoms with Crippen molar-refractivity contribution in [2.75, 3.05) is 0 Å². The lowest BCUT2D eigenvalue weighted by Gasteiger charge is -2.34.